The van der Waals surface area contributed by atoms with E-state index < -0.39 is 0 Å². The normalized spacial score (nSPS) is 16.5. The number of piperidine rings is 1. The van der Waals surface area contributed by atoms with Crippen molar-refractivity contribution in [2.45, 2.75) is 32.2 Å². The third-order valence-electron chi connectivity index (χ3n) is 3.68. The van der Waals surface area contributed by atoms with Crippen LogP contribution in [0, 0.1) is 0 Å². The molecule has 3 nitrogen and oxygen atoms in total. The van der Waals surface area contributed by atoms with Crippen molar-refractivity contribution < 1.29 is 5.11 Å². The highest BCUT2D eigenvalue weighted by atomic mass is 79.9. The molecule has 1 heterocycles. The predicted molar refractivity (Wildman–Crippen MR) is 90.1 cm³/mol. The van der Waals surface area contributed by atoms with E-state index in [-0.39, 0.29) is 5.75 Å². The van der Waals surface area contributed by atoms with E-state index in [2.05, 4.69) is 42.1 Å². The van der Waals surface area contributed by atoms with Gasteiger partial charge >= 0.3 is 0 Å². The Bertz CT molecular complexity index is 411. The van der Waals surface area contributed by atoms with E-state index in [0.29, 0.717) is 0 Å². The summed E-state index contributed by atoms with van der Waals surface area (Å²) < 4.78 is 1.47. The second-order valence-corrected chi connectivity index (χ2v) is 7.05. The maximum Gasteiger partial charge on any atom is 0.143 e. The summed E-state index contributed by atoms with van der Waals surface area (Å²) in [5, 5.41) is 13.1. The smallest absolute Gasteiger partial charge is 0.143 e. The first-order chi connectivity index (χ1) is 9.66. The molecule has 1 aromatic rings. The molecule has 20 heavy (non-hydrogen) atoms. The Kier molecular flexibility index (Phi) is 6.81. The number of benzene rings is 1. The van der Waals surface area contributed by atoms with E-state index >= 15 is 0 Å². The molecule has 0 aromatic heterocycles. The van der Waals surface area contributed by atoms with Crippen molar-refractivity contribution in [3.63, 3.8) is 0 Å². The van der Waals surface area contributed by atoms with Gasteiger partial charge in [0.05, 0.1) is 8.95 Å². The molecule has 0 unspecified atom stereocenters. The largest absolute Gasteiger partial charge is 0.506 e. The molecule has 112 valence electrons. The SMILES string of the molecule is Oc1c(Br)cc(CNCCCN2CCCCC2)cc1Br. The molecule has 0 saturated carbocycles. The van der Waals surface area contributed by atoms with Crippen LogP contribution in [0.15, 0.2) is 21.1 Å². The molecule has 0 atom stereocenters. The van der Waals surface area contributed by atoms with Gasteiger partial charge in [0.1, 0.15) is 5.75 Å². The number of phenolic OH excluding ortho intramolecular Hbond substituents is 1. The van der Waals surface area contributed by atoms with Gasteiger partial charge in [0.15, 0.2) is 0 Å². The van der Waals surface area contributed by atoms with Gasteiger partial charge in [-0.05, 0) is 95.0 Å². The highest BCUT2D eigenvalue weighted by Gasteiger charge is 2.09. The van der Waals surface area contributed by atoms with Gasteiger partial charge in [-0.25, -0.2) is 0 Å². The lowest BCUT2D eigenvalue weighted by Crippen LogP contribution is -2.32. The maximum absolute atomic E-state index is 9.66. The van der Waals surface area contributed by atoms with E-state index in [4.69, 9.17) is 0 Å². The maximum atomic E-state index is 9.66. The Morgan fingerprint density at radius 3 is 2.40 bits per heavy atom. The molecule has 1 saturated heterocycles. The molecule has 0 aliphatic carbocycles. The van der Waals surface area contributed by atoms with E-state index in [1.165, 1.54) is 50.9 Å². The number of likely N-dealkylation sites (tertiary alicyclic amines) is 1. The number of phenols is 1. The van der Waals surface area contributed by atoms with Crippen molar-refractivity contribution in [3.8, 4) is 5.75 Å². The first kappa shape index (κ1) is 16.3. The number of hydrogen-bond acceptors (Lipinski definition) is 3. The predicted octanol–water partition coefficient (Wildman–Crippen LogP) is 3.88. The van der Waals surface area contributed by atoms with Crippen molar-refractivity contribution >= 4 is 31.9 Å². The lowest BCUT2D eigenvalue weighted by atomic mass is 10.1. The summed E-state index contributed by atoms with van der Waals surface area (Å²) >= 11 is 6.71. The van der Waals surface area contributed by atoms with Crippen molar-refractivity contribution in [1.82, 2.24) is 10.2 Å². The van der Waals surface area contributed by atoms with Crippen LogP contribution in [0.25, 0.3) is 0 Å². The van der Waals surface area contributed by atoms with Crippen LogP contribution in [0.3, 0.4) is 0 Å². The average Bonchev–Trinajstić information content (AvgIpc) is 2.45. The van der Waals surface area contributed by atoms with Crippen LogP contribution < -0.4 is 5.32 Å². The number of hydrogen-bond donors (Lipinski definition) is 2. The monoisotopic (exact) mass is 404 g/mol. The topological polar surface area (TPSA) is 35.5 Å². The molecule has 1 fully saturated rings. The molecule has 0 bridgehead atoms. The van der Waals surface area contributed by atoms with Gasteiger partial charge in [-0.1, -0.05) is 6.42 Å². The number of halogens is 2. The minimum Gasteiger partial charge on any atom is -0.506 e. The first-order valence-corrected chi connectivity index (χ1v) is 8.85. The van der Waals surface area contributed by atoms with Gasteiger partial charge in [0.25, 0.3) is 0 Å². The highest BCUT2D eigenvalue weighted by molar-refractivity contribution is 9.11. The Morgan fingerprint density at radius 1 is 1.10 bits per heavy atom. The fraction of sp³-hybridized carbons (Fsp3) is 0.600. The molecular formula is C15H22Br2N2O. The number of rotatable bonds is 6. The molecule has 1 aromatic carbocycles. The van der Waals surface area contributed by atoms with Crippen molar-refractivity contribution in [2.24, 2.45) is 0 Å². The zero-order valence-electron chi connectivity index (χ0n) is 11.7. The highest BCUT2D eigenvalue weighted by Crippen LogP contribution is 2.33. The zero-order valence-corrected chi connectivity index (χ0v) is 14.8. The third kappa shape index (κ3) is 5.02. The molecule has 0 spiro atoms. The summed E-state index contributed by atoms with van der Waals surface area (Å²) in [6.07, 6.45) is 5.33. The van der Waals surface area contributed by atoms with Crippen LogP contribution >= 0.6 is 31.9 Å². The lowest BCUT2D eigenvalue weighted by Gasteiger charge is -2.26. The van der Waals surface area contributed by atoms with Gasteiger partial charge in [-0.15, -0.1) is 0 Å². The molecule has 1 aliphatic heterocycles. The number of nitrogens with zero attached hydrogens (tertiary/aromatic N) is 1. The summed E-state index contributed by atoms with van der Waals surface area (Å²) in [4.78, 5) is 2.57. The zero-order chi connectivity index (χ0) is 14.4. The first-order valence-electron chi connectivity index (χ1n) is 7.27. The average molecular weight is 406 g/mol. The van der Waals surface area contributed by atoms with Crippen LogP contribution in [0.2, 0.25) is 0 Å². The van der Waals surface area contributed by atoms with Crippen molar-refractivity contribution in [1.29, 1.82) is 0 Å². The summed E-state index contributed by atoms with van der Waals surface area (Å²) in [6, 6.07) is 3.91. The van der Waals surface area contributed by atoms with E-state index in [0.717, 1.165) is 22.0 Å². The Labute approximate surface area is 138 Å². The van der Waals surface area contributed by atoms with Gasteiger partial charge < -0.3 is 15.3 Å². The van der Waals surface area contributed by atoms with Crippen molar-refractivity contribution in [3.05, 3.63) is 26.6 Å². The van der Waals surface area contributed by atoms with Crippen LogP contribution in [0.1, 0.15) is 31.2 Å². The summed E-state index contributed by atoms with van der Waals surface area (Å²) in [5.74, 6) is 0.263. The van der Waals surface area contributed by atoms with E-state index in [1.54, 1.807) is 0 Å². The summed E-state index contributed by atoms with van der Waals surface area (Å²) in [7, 11) is 0. The third-order valence-corrected chi connectivity index (χ3v) is 4.89. The van der Waals surface area contributed by atoms with Crippen LogP contribution in [0.5, 0.6) is 5.75 Å². The minimum atomic E-state index is 0.263. The Hall–Kier alpha value is -0.100. The second kappa shape index (κ2) is 8.37. The van der Waals surface area contributed by atoms with Gasteiger partial charge in [-0.2, -0.15) is 0 Å². The molecule has 2 rings (SSSR count). The lowest BCUT2D eigenvalue weighted by molar-refractivity contribution is 0.225. The van der Waals surface area contributed by atoms with Crippen LogP contribution in [-0.2, 0) is 6.54 Å². The van der Waals surface area contributed by atoms with Crippen molar-refractivity contribution in [2.75, 3.05) is 26.2 Å². The molecule has 1 aliphatic rings. The quantitative estimate of drug-likeness (QED) is 0.705. The summed E-state index contributed by atoms with van der Waals surface area (Å²) in [6.45, 7) is 5.62. The number of aromatic hydroxyl groups is 1. The Morgan fingerprint density at radius 2 is 1.75 bits per heavy atom. The van der Waals surface area contributed by atoms with Gasteiger partial charge in [0, 0.05) is 6.54 Å². The molecule has 0 radical (unpaired) electrons. The van der Waals surface area contributed by atoms with Crippen LogP contribution in [-0.4, -0.2) is 36.2 Å². The van der Waals surface area contributed by atoms with E-state index in [1.807, 2.05) is 12.1 Å². The fourth-order valence-electron chi connectivity index (χ4n) is 2.56. The van der Waals surface area contributed by atoms with Gasteiger partial charge in [0.2, 0.25) is 0 Å². The minimum absolute atomic E-state index is 0.263. The molecule has 0 amide bonds. The van der Waals surface area contributed by atoms with Gasteiger partial charge in [-0.3, -0.25) is 0 Å². The molecule has 5 heteroatoms. The standard InChI is InChI=1S/C15H22Br2N2O/c16-13-9-12(10-14(17)15(13)20)11-18-5-4-8-19-6-2-1-3-7-19/h9-10,18,20H,1-8,11H2. The second-order valence-electron chi connectivity index (χ2n) is 5.34. The Balaban J connectivity index is 1.65. The summed E-state index contributed by atoms with van der Waals surface area (Å²) in [5.41, 5.74) is 1.17. The number of nitrogens with one attached hydrogen (secondary N) is 1. The van der Waals surface area contributed by atoms with E-state index in [9.17, 15) is 5.11 Å². The van der Waals surface area contributed by atoms with Crippen LogP contribution in [0.4, 0.5) is 0 Å². The fourth-order valence-corrected chi connectivity index (χ4v) is 3.84. The molecule has 2 N–H and O–H groups in total. The molecular weight excluding hydrogens is 384 g/mol.